The summed E-state index contributed by atoms with van der Waals surface area (Å²) in [6.45, 7) is 3.18. The van der Waals surface area contributed by atoms with Gasteiger partial charge in [-0.2, -0.15) is 0 Å². The normalized spacial score (nSPS) is 16.9. The summed E-state index contributed by atoms with van der Waals surface area (Å²) in [5.74, 6) is 0.877. The summed E-state index contributed by atoms with van der Waals surface area (Å²) in [5.41, 5.74) is 9.23. The number of pyridine rings is 1. The van der Waals surface area contributed by atoms with E-state index < -0.39 is 0 Å². The maximum absolute atomic E-state index is 5.92. The van der Waals surface area contributed by atoms with Crippen molar-refractivity contribution in [1.82, 2.24) is 4.98 Å². The summed E-state index contributed by atoms with van der Waals surface area (Å²) in [7, 11) is 3.38. The highest BCUT2D eigenvalue weighted by molar-refractivity contribution is 5.50. The molecule has 1 aromatic heterocycles. The van der Waals surface area contributed by atoms with Gasteiger partial charge < -0.3 is 15.2 Å². The Balaban J connectivity index is 2.54. The van der Waals surface area contributed by atoms with E-state index >= 15 is 0 Å². The number of hydrogen-bond donors (Lipinski definition) is 1. The molecule has 0 unspecified atom stereocenters. The summed E-state index contributed by atoms with van der Waals surface area (Å²) >= 11 is 0. The lowest BCUT2D eigenvalue weighted by molar-refractivity contribution is 0.182. The molecule has 0 spiro atoms. The minimum Gasteiger partial charge on any atom is -0.495 e. The maximum Gasteiger partial charge on any atom is 0.144 e. The van der Waals surface area contributed by atoms with Crippen LogP contribution in [-0.4, -0.2) is 25.7 Å². The van der Waals surface area contributed by atoms with Gasteiger partial charge in [0.1, 0.15) is 5.75 Å². The first-order valence-corrected chi connectivity index (χ1v) is 5.90. The first-order chi connectivity index (χ1) is 8.18. The lowest BCUT2D eigenvalue weighted by Gasteiger charge is -2.21. The van der Waals surface area contributed by atoms with Crippen LogP contribution >= 0.6 is 0 Å². The van der Waals surface area contributed by atoms with Crippen molar-refractivity contribution in [2.24, 2.45) is 5.73 Å². The van der Waals surface area contributed by atoms with Gasteiger partial charge >= 0.3 is 0 Å². The van der Waals surface area contributed by atoms with Crippen molar-refractivity contribution in [3.05, 3.63) is 23.0 Å². The van der Waals surface area contributed by atoms with Gasteiger partial charge in [0.05, 0.1) is 19.4 Å². The van der Waals surface area contributed by atoms with Gasteiger partial charge in [-0.25, -0.2) is 0 Å². The average molecular weight is 236 g/mol. The summed E-state index contributed by atoms with van der Waals surface area (Å²) in [6.07, 6.45) is 4.13. The molecule has 1 saturated carbocycles. The molecule has 0 aliphatic heterocycles. The zero-order valence-corrected chi connectivity index (χ0v) is 10.7. The number of aryl methyl sites for hydroxylation is 1. The third kappa shape index (κ3) is 2.03. The van der Waals surface area contributed by atoms with Gasteiger partial charge in [0, 0.05) is 36.4 Å². The Hall–Kier alpha value is -1.13. The number of hydrogen-bond acceptors (Lipinski definition) is 4. The first-order valence-electron chi connectivity index (χ1n) is 5.90. The van der Waals surface area contributed by atoms with Crippen LogP contribution in [0.2, 0.25) is 0 Å². The molecule has 1 heterocycles. The van der Waals surface area contributed by atoms with E-state index in [0.29, 0.717) is 13.2 Å². The van der Waals surface area contributed by atoms with E-state index in [2.05, 4.69) is 4.98 Å². The summed E-state index contributed by atoms with van der Waals surface area (Å²) < 4.78 is 10.8. The van der Waals surface area contributed by atoms with Crippen LogP contribution in [-0.2, 0) is 16.8 Å². The molecule has 0 aromatic carbocycles. The number of nitrogens with two attached hydrogens (primary N) is 1. The number of methoxy groups -OCH3 is 2. The quantitative estimate of drug-likeness (QED) is 0.842. The summed E-state index contributed by atoms with van der Waals surface area (Å²) in [6, 6.07) is 0. The van der Waals surface area contributed by atoms with Gasteiger partial charge in [-0.3, -0.25) is 4.98 Å². The maximum atomic E-state index is 5.92. The van der Waals surface area contributed by atoms with Crippen LogP contribution in [0.4, 0.5) is 0 Å². The van der Waals surface area contributed by atoms with Crippen molar-refractivity contribution in [2.45, 2.75) is 31.8 Å². The van der Waals surface area contributed by atoms with Gasteiger partial charge in [-0.1, -0.05) is 0 Å². The molecule has 0 saturated heterocycles. The molecule has 2 N–H and O–H groups in total. The zero-order valence-electron chi connectivity index (χ0n) is 10.7. The third-order valence-electron chi connectivity index (χ3n) is 3.57. The number of nitrogens with zero attached hydrogens (tertiary/aromatic N) is 1. The number of ether oxygens (including phenoxy) is 2. The van der Waals surface area contributed by atoms with E-state index in [9.17, 15) is 0 Å². The molecule has 94 valence electrons. The molecule has 0 radical (unpaired) electrons. The van der Waals surface area contributed by atoms with Crippen LogP contribution < -0.4 is 10.5 Å². The molecule has 1 aromatic rings. The van der Waals surface area contributed by atoms with Gasteiger partial charge in [0.2, 0.25) is 0 Å². The SMILES string of the molecule is COCc1cnc(C)c(OC)c1C1(CN)CC1. The van der Waals surface area contributed by atoms with Gasteiger partial charge in [0.25, 0.3) is 0 Å². The predicted molar refractivity (Wildman–Crippen MR) is 66.2 cm³/mol. The molecule has 2 rings (SSSR count). The summed E-state index contributed by atoms with van der Waals surface area (Å²) in [5, 5.41) is 0. The van der Waals surface area contributed by atoms with Crippen molar-refractivity contribution < 1.29 is 9.47 Å². The van der Waals surface area contributed by atoms with E-state index in [4.69, 9.17) is 15.2 Å². The van der Waals surface area contributed by atoms with Crippen molar-refractivity contribution >= 4 is 0 Å². The van der Waals surface area contributed by atoms with Crippen LogP contribution in [0.25, 0.3) is 0 Å². The van der Waals surface area contributed by atoms with E-state index in [-0.39, 0.29) is 5.41 Å². The lowest BCUT2D eigenvalue weighted by atomic mass is 9.91. The highest BCUT2D eigenvalue weighted by Crippen LogP contribution is 2.52. The molecule has 1 aliphatic rings. The minimum atomic E-state index is 0.0902. The Morgan fingerprint density at radius 3 is 2.59 bits per heavy atom. The molecule has 0 atom stereocenters. The number of rotatable bonds is 5. The van der Waals surface area contributed by atoms with Crippen LogP contribution in [0.1, 0.15) is 29.7 Å². The predicted octanol–water partition coefficient (Wildman–Crippen LogP) is 1.54. The van der Waals surface area contributed by atoms with Crippen molar-refractivity contribution in [3.63, 3.8) is 0 Å². The topological polar surface area (TPSA) is 57.4 Å². The number of aromatic nitrogens is 1. The molecular formula is C13H20N2O2. The lowest BCUT2D eigenvalue weighted by Crippen LogP contribution is -2.23. The van der Waals surface area contributed by atoms with Crippen molar-refractivity contribution in [3.8, 4) is 5.75 Å². The Morgan fingerprint density at radius 1 is 1.41 bits per heavy atom. The molecular weight excluding hydrogens is 216 g/mol. The van der Waals surface area contributed by atoms with Gasteiger partial charge in [-0.15, -0.1) is 0 Å². The molecule has 17 heavy (non-hydrogen) atoms. The smallest absolute Gasteiger partial charge is 0.144 e. The Kier molecular flexibility index (Phi) is 3.35. The van der Waals surface area contributed by atoms with E-state index in [1.807, 2.05) is 13.1 Å². The first kappa shape index (κ1) is 12.3. The highest BCUT2D eigenvalue weighted by Gasteiger charge is 2.46. The average Bonchev–Trinajstić information content (AvgIpc) is 3.12. The second-order valence-electron chi connectivity index (χ2n) is 4.69. The monoisotopic (exact) mass is 236 g/mol. The molecule has 0 bridgehead atoms. The summed E-state index contributed by atoms with van der Waals surface area (Å²) in [4.78, 5) is 4.36. The molecule has 4 heteroatoms. The largest absolute Gasteiger partial charge is 0.495 e. The standard InChI is InChI=1S/C13H20N2O2/c1-9-12(17-3)11(13(8-14)4-5-13)10(6-15-9)7-16-2/h6H,4-5,7-8,14H2,1-3H3. The second-order valence-corrected chi connectivity index (χ2v) is 4.69. The fourth-order valence-corrected chi connectivity index (χ4v) is 2.43. The highest BCUT2D eigenvalue weighted by atomic mass is 16.5. The van der Waals surface area contributed by atoms with E-state index in [1.54, 1.807) is 14.2 Å². The Morgan fingerprint density at radius 2 is 2.12 bits per heavy atom. The van der Waals surface area contributed by atoms with Crippen LogP contribution in [0.15, 0.2) is 6.20 Å². The molecule has 1 aliphatic carbocycles. The van der Waals surface area contributed by atoms with E-state index in [0.717, 1.165) is 29.8 Å². The molecule has 4 nitrogen and oxygen atoms in total. The molecule has 0 amide bonds. The van der Waals surface area contributed by atoms with Crippen LogP contribution in [0, 0.1) is 6.92 Å². The second kappa shape index (κ2) is 4.63. The Labute approximate surface area is 102 Å². The van der Waals surface area contributed by atoms with Gasteiger partial charge in [0.15, 0.2) is 0 Å². The fourth-order valence-electron chi connectivity index (χ4n) is 2.43. The van der Waals surface area contributed by atoms with Crippen LogP contribution in [0.5, 0.6) is 5.75 Å². The Bertz CT molecular complexity index is 414. The van der Waals surface area contributed by atoms with Crippen molar-refractivity contribution in [2.75, 3.05) is 20.8 Å². The fraction of sp³-hybridized carbons (Fsp3) is 0.615. The molecule has 1 fully saturated rings. The zero-order chi connectivity index (χ0) is 12.5. The third-order valence-corrected chi connectivity index (χ3v) is 3.57. The minimum absolute atomic E-state index is 0.0902. The van der Waals surface area contributed by atoms with Gasteiger partial charge in [-0.05, 0) is 19.8 Å². The van der Waals surface area contributed by atoms with Crippen LogP contribution in [0.3, 0.4) is 0 Å². The van der Waals surface area contributed by atoms with Crippen molar-refractivity contribution in [1.29, 1.82) is 0 Å². The van der Waals surface area contributed by atoms with E-state index in [1.165, 1.54) is 5.56 Å².